The molecule has 1 amide bonds. The predicted octanol–water partition coefficient (Wildman–Crippen LogP) is 5.92. The number of hydrogen-bond donors (Lipinski definition) is 1. The highest BCUT2D eigenvalue weighted by atomic mass is 35.5. The largest absolute Gasteiger partial charge is 0.493 e. The number of para-hydroxylation sites is 1. The number of amides is 1. The molecular formula is C26H22Cl2N4O2. The maximum atomic E-state index is 13.4. The number of halogens is 2. The standard InChI is InChI=1S/C26H22Cl2N4O2/c1-32(2)25-18-10-5-9-16(15-8-6-11-19(27)22(15)28)23(18)30-31-24(25)26(33)29-20-13-14-34-21-12-4-3-7-17(20)21/h3-12,20H,13-14H2,1-2H3,(H,29,33)/t20-/m0/s1. The monoisotopic (exact) mass is 492 g/mol. The number of carbonyl (C=O) groups is 1. The van der Waals surface area contributed by atoms with Crippen LogP contribution in [0.4, 0.5) is 5.69 Å². The molecular weight excluding hydrogens is 471 g/mol. The van der Waals surface area contributed by atoms with Gasteiger partial charge in [-0.05, 0) is 12.1 Å². The van der Waals surface area contributed by atoms with Crippen LogP contribution < -0.4 is 15.0 Å². The molecule has 0 aliphatic carbocycles. The Labute approximate surface area is 207 Å². The molecule has 0 bridgehead atoms. The summed E-state index contributed by atoms with van der Waals surface area (Å²) in [5.41, 5.74) is 4.10. The number of ether oxygens (including phenoxy) is 1. The van der Waals surface area contributed by atoms with E-state index in [1.54, 1.807) is 6.07 Å². The molecule has 8 heteroatoms. The van der Waals surface area contributed by atoms with Gasteiger partial charge in [0.1, 0.15) is 11.3 Å². The lowest BCUT2D eigenvalue weighted by Crippen LogP contribution is -2.33. The molecule has 172 valence electrons. The maximum absolute atomic E-state index is 13.4. The first-order valence-electron chi connectivity index (χ1n) is 10.9. The fourth-order valence-corrected chi connectivity index (χ4v) is 4.77. The second-order valence-corrected chi connectivity index (χ2v) is 9.08. The Morgan fingerprint density at radius 2 is 1.76 bits per heavy atom. The zero-order chi connectivity index (χ0) is 23.8. The third kappa shape index (κ3) is 3.93. The second kappa shape index (κ2) is 9.12. The topological polar surface area (TPSA) is 67.4 Å². The smallest absolute Gasteiger partial charge is 0.274 e. The Balaban J connectivity index is 1.59. The summed E-state index contributed by atoms with van der Waals surface area (Å²) in [6.45, 7) is 0.537. The first-order chi connectivity index (χ1) is 16.5. The quantitative estimate of drug-likeness (QED) is 0.382. The molecule has 0 unspecified atom stereocenters. The van der Waals surface area contributed by atoms with Crippen molar-refractivity contribution in [1.29, 1.82) is 0 Å². The molecule has 5 rings (SSSR count). The van der Waals surface area contributed by atoms with E-state index < -0.39 is 0 Å². The second-order valence-electron chi connectivity index (χ2n) is 8.30. The van der Waals surface area contributed by atoms with Crippen LogP contribution in [0.1, 0.15) is 28.5 Å². The van der Waals surface area contributed by atoms with Crippen LogP contribution in [0.15, 0.2) is 60.7 Å². The van der Waals surface area contributed by atoms with Gasteiger partial charge in [0.25, 0.3) is 5.91 Å². The van der Waals surface area contributed by atoms with Gasteiger partial charge in [-0.3, -0.25) is 4.79 Å². The third-order valence-electron chi connectivity index (χ3n) is 5.93. The van der Waals surface area contributed by atoms with Gasteiger partial charge in [-0.15, -0.1) is 10.2 Å². The van der Waals surface area contributed by atoms with Crippen molar-refractivity contribution in [3.63, 3.8) is 0 Å². The summed E-state index contributed by atoms with van der Waals surface area (Å²) in [5, 5.41) is 13.7. The molecule has 0 saturated heterocycles. The Kier molecular flexibility index (Phi) is 6.02. The van der Waals surface area contributed by atoms with Gasteiger partial charge in [0, 0.05) is 42.6 Å². The minimum Gasteiger partial charge on any atom is -0.493 e. The molecule has 34 heavy (non-hydrogen) atoms. The summed E-state index contributed by atoms with van der Waals surface area (Å²) in [6.07, 6.45) is 0.679. The highest BCUT2D eigenvalue weighted by molar-refractivity contribution is 6.44. The van der Waals surface area contributed by atoms with Crippen LogP contribution in [0.25, 0.3) is 22.0 Å². The minimum absolute atomic E-state index is 0.165. The van der Waals surface area contributed by atoms with Crippen LogP contribution >= 0.6 is 23.2 Å². The lowest BCUT2D eigenvalue weighted by molar-refractivity contribution is 0.0919. The predicted molar refractivity (Wildman–Crippen MR) is 136 cm³/mol. The fourth-order valence-electron chi connectivity index (χ4n) is 4.37. The van der Waals surface area contributed by atoms with Crippen molar-refractivity contribution in [2.45, 2.75) is 12.5 Å². The highest BCUT2D eigenvalue weighted by Crippen LogP contribution is 2.39. The van der Waals surface area contributed by atoms with Crippen LogP contribution in [0.2, 0.25) is 10.0 Å². The van der Waals surface area contributed by atoms with Gasteiger partial charge in [0.05, 0.1) is 28.4 Å². The molecule has 0 radical (unpaired) electrons. The lowest BCUT2D eigenvalue weighted by atomic mass is 9.99. The van der Waals surface area contributed by atoms with E-state index in [2.05, 4.69) is 15.5 Å². The van der Waals surface area contributed by atoms with Crippen LogP contribution in [-0.4, -0.2) is 36.8 Å². The van der Waals surface area contributed by atoms with E-state index >= 15 is 0 Å². The number of fused-ring (bicyclic) bond motifs is 2. The zero-order valence-electron chi connectivity index (χ0n) is 18.7. The number of anilines is 1. The van der Waals surface area contributed by atoms with Gasteiger partial charge < -0.3 is 15.0 Å². The Morgan fingerprint density at radius 3 is 2.59 bits per heavy atom. The van der Waals surface area contributed by atoms with E-state index in [-0.39, 0.29) is 17.6 Å². The van der Waals surface area contributed by atoms with E-state index in [9.17, 15) is 4.79 Å². The summed E-state index contributed by atoms with van der Waals surface area (Å²) in [7, 11) is 3.77. The summed E-state index contributed by atoms with van der Waals surface area (Å²) >= 11 is 12.8. The first kappa shape index (κ1) is 22.4. The van der Waals surface area contributed by atoms with E-state index in [0.717, 1.165) is 27.8 Å². The maximum Gasteiger partial charge on any atom is 0.274 e. The van der Waals surface area contributed by atoms with E-state index in [1.807, 2.05) is 73.6 Å². The molecule has 1 aliphatic heterocycles. The summed E-state index contributed by atoms with van der Waals surface area (Å²) in [4.78, 5) is 15.3. The van der Waals surface area contributed by atoms with Gasteiger partial charge in [0.2, 0.25) is 0 Å². The van der Waals surface area contributed by atoms with Crippen molar-refractivity contribution in [3.05, 3.63) is 82.0 Å². The van der Waals surface area contributed by atoms with E-state index in [1.165, 1.54) is 0 Å². The van der Waals surface area contributed by atoms with Crippen molar-refractivity contribution < 1.29 is 9.53 Å². The number of carbonyl (C=O) groups excluding carboxylic acids is 1. The fraction of sp³-hybridized carbons (Fsp3) is 0.192. The Bertz CT molecular complexity index is 1410. The number of nitrogens with zero attached hydrogens (tertiary/aromatic N) is 3. The van der Waals surface area contributed by atoms with Gasteiger partial charge in [-0.1, -0.05) is 71.7 Å². The number of benzene rings is 3. The Morgan fingerprint density at radius 1 is 1.00 bits per heavy atom. The molecule has 4 aromatic rings. The molecule has 0 fully saturated rings. The SMILES string of the molecule is CN(C)c1c(C(=O)N[C@H]2CCOc3ccccc32)nnc2c(-c3cccc(Cl)c3Cl)cccc12. The zero-order valence-corrected chi connectivity index (χ0v) is 20.2. The van der Waals surface area contributed by atoms with Crippen molar-refractivity contribution in [2.24, 2.45) is 0 Å². The molecule has 0 saturated carbocycles. The van der Waals surface area contributed by atoms with E-state index in [4.69, 9.17) is 27.9 Å². The number of aromatic nitrogens is 2. The molecule has 6 nitrogen and oxygen atoms in total. The van der Waals surface area contributed by atoms with Crippen molar-refractivity contribution in [3.8, 4) is 16.9 Å². The number of rotatable bonds is 4. The summed E-state index contributed by atoms with van der Waals surface area (Å²) in [5.74, 6) is 0.505. The first-order valence-corrected chi connectivity index (χ1v) is 11.6. The van der Waals surface area contributed by atoms with Gasteiger partial charge in [-0.2, -0.15) is 0 Å². The Hall–Kier alpha value is -3.35. The van der Waals surface area contributed by atoms with Crippen molar-refractivity contribution >= 4 is 45.7 Å². The number of hydrogen-bond acceptors (Lipinski definition) is 5. The van der Waals surface area contributed by atoms with Crippen LogP contribution in [0, 0.1) is 0 Å². The highest BCUT2D eigenvalue weighted by Gasteiger charge is 2.27. The molecule has 1 atom stereocenters. The normalized spacial score (nSPS) is 14.9. The minimum atomic E-state index is -0.286. The van der Waals surface area contributed by atoms with Crippen LogP contribution in [0.3, 0.4) is 0 Å². The molecule has 2 heterocycles. The van der Waals surface area contributed by atoms with Crippen molar-refractivity contribution in [1.82, 2.24) is 15.5 Å². The average Bonchev–Trinajstić information content (AvgIpc) is 2.84. The molecule has 1 N–H and O–H groups in total. The van der Waals surface area contributed by atoms with Crippen molar-refractivity contribution in [2.75, 3.05) is 25.6 Å². The molecule has 1 aromatic heterocycles. The van der Waals surface area contributed by atoms with Gasteiger partial charge in [0.15, 0.2) is 5.69 Å². The van der Waals surface area contributed by atoms with Gasteiger partial charge in [-0.25, -0.2) is 0 Å². The third-order valence-corrected chi connectivity index (χ3v) is 6.75. The molecule has 3 aromatic carbocycles. The molecule has 1 aliphatic rings. The summed E-state index contributed by atoms with van der Waals surface area (Å²) < 4.78 is 5.73. The number of nitrogens with one attached hydrogen (secondary N) is 1. The lowest BCUT2D eigenvalue weighted by Gasteiger charge is -2.27. The van der Waals surface area contributed by atoms with E-state index in [0.29, 0.717) is 34.3 Å². The summed E-state index contributed by atoms with van der Waals surface area (Å²) in [6, 6.07) is 18.8. The van der Waals surface area contributed by atoms with Crippen LogP contribution in [0.5, 0.6) is 5.75 Å². The van der Waals surface area contributed by atoms with Crippen LogP contribution in [-0.2, 0) is 0 Å². The average molecular weight is 493 g/mol. The molecule has 0 spiro atoms. The van der Waals surface area contributed by atoms with Gasteiger partial charge >= 0.3 is 0 Å².